The molecule has 1 aliphatic rings. The molecule has 4 rings (SSSR count). The minimum absolute atomic E-state index is 0.109. The lowest BCUT2D eigenvalue weighted by Crippen LogP contribution is -2.49. The van der Waals surface area contributed by atoms with Crippen molar-refractivity contribution >= 4 is 34.7 Å². The number of hydrogen-bond acceptors (Lipinski definition) is 5. The first kappa shape index (κ1) is 23.8. The van der Waals surface area contributed by atoms with Crippen molar-refractivity contribution in [2.45, 2.75) is 51.1 Å². The van der Waals surface area contributed by atoms with Crippen molar-refractivity contribution in [3.05, 3.63) is 76.4 Å². The number of rotatable bonds is 8. The third-order valence-corrected chi connectivity index (χ3v) is 6.92. The smallest absolute Gasteiger partial charge is 0.287 e. The van der Waals surface area contributed by atoms with E-state index in [0.717, 1.165) is 36.1 Å². The molecule has 0 radical (unpaired) electrons. The van der Waals surface area contributed by atoms with Gasteiger partial charge in [-0.2, -0.15) is 0 Å². The molecule has 1 aromatic carbocycles. The molecule has 2 N–H and O–H groups in total. The van der Waals surface area contributed by atoms with Gasteiger partial charge in [0.25, 0.3) is 5.91 Å². The van der Waals surface area contributed by atoms with Gasteiger partial charge in [0.2, 0.25) is 11.8 Å². The van der Waals surface area contributed by atoms with Crippen LogP contribution in [-0.2, 0) is 9.59 Å². The molecule has 3 amide bonds. The summed E-state index contributed by atoms with van der Waals surface area (Å²) in [7, 11) is 0. The molecule has 178 valence electrons. The molecule has 0 saturated heterocycles. The second-order valence-corrected chi connectivity index (χ2v) is 9.50. The molecule has 34 heavy (non-hydrogen) atoms. The lowest BCUT2D eigenvalue weighted by molar-refractivity contribution is -0.126. The summed E-state index contributed by atoms with van der Waals surface area (Å²) < 4.78 is 5.12. The fourth-order valence-electron chi connectivity index (χ4n) is 4.23. The van der Waals surface area contributed by atoms with Crippen LogP contribution in [-0.4, -0.2) is 30.3 Å². The topological polar surface area (TPSA) is 91.7 Å². The van der Waals surface area contributed by atoms with Gasteiger partial charge in [0.1, 0.15) is 6.04 Å². The molecule has 2 heterocycles. The second-order valence-electron chi connectivity index (χ2n) is 8.52. The fraction of sp³-hybridized carbons (Fsp3) is 0.346. The quantitative estimate of drug-likeness (QED) is 0.494. The highest BCUT2D eigenvalue weighted by molar-refractivity contribution is 7.10. The van der Waals surface area contributed by atoms with E-state index < -0.39 is 11.9 Å². The van der Waals surface area contributed by atoms with Crippen molar-refractivity contribution in [3.8, 4) is 0 Å². The average Bonchev–Trinajstić information content (AvgIpc) is 3.57. The molecule has 8 heteroatoms. The Morgan fingerprint density at radius 2 is 1.82 bits per heavy atom. The molecule has 7 nitrogen and oxygen atoms in total. The molecule has 1 fully saturated rings. The summed E-state index contributed by atoms with van der Waals surface area (Å²) in [5.41, 5.74) is 1.64. The maximum absolute atomic E-state index is 13.6. The van der Waals surface area contributed by atoms with E-state index in [1.54, 1.807) is 6.07 Å². The van der Waals surface area contributed by atoms with Gasteiger partial charge in [0.15, 0.2) is 5.76 Å². The zero-order chi connectivity index (χ0) is 23.9. The number of aryl methyl sites for hydroxylation is 1. The Labute approximate surface area is 203 Å². The number of carbonyl (C=O) groups is 3. The van der Waals surface area contributed by atoms with Crippen molar-refractivity contribution in [2.75, 3.05) is 11.4 Å². The zero-order valence-electron chi connectivity index (χ0n) is 19.2. The predicted molar refractivity (Wildman–Crippen MR) is 132 cm³/mol. The van der Waals surface area contributed by atoms with E-state index in [2.05, 4.69) is 10.6 Å². The molecular formula is C26H29N3O4S. The van der Waals surface area contributed by atoms with Crippen LogP contribution in [0.3, 0.4) is 0 Å². The number of hydrogen-bond donors (Lipinski definition) is 2. The summed E-state index contributed by atoms with van der Waals surface area (Å²) in [6, 6.07) is 13.6. The van der Waals surface area contributed by atoms with Gasteiger partial charge in [0.05, 0.1) is 12.8 Å². The molecule has 1 atom stereocenters. The van der Waals surface area contributed by atoms with Crippen LogP contribution in [0.25, 0.3) is 0 Å². The van der Waals surface area contributed by atoms with Gasteiger partial charge in [-0.15, -0.1) is 11.3 Å². The van der Waals surface area contributed by atoms with Crippen molar-refractivity contribution < 1.29 is 18.8 Å². The largest absolute Gasteiger partial charge is 0.459 e. The summed E-state index contributed by atoms with van der Waals surface area (Å²) in [6.45, 7) is 1.69. The standard InChI is InChI=1S/C26H29N3O4S/c1-18-11-13-20(14-12-18)29(23(30)17-27-25(31)21-9-5-15-33-21)24(22-10-6-16-34-22)26(32)28-19-7-3-2-4-8-19/h5-6,9-16,19,24H,2-4,7-8,17H2,1H3,(H,27,31)(H,28,32)/t24-/m1/s1. The van der Waals surface area contributed by atoms with Crippen molar-refractivity contribution in [1.82, 2.24) is 10.6 Å². The number of nitrogens with one attached hydrogen (secondary N) is 2. The summed E-state index contributed by atoms with van der Waals surface area (Å²) in [6.07, 6.45) is 6.66. The van der Waals surface area contributed by atoms with Gasteiger partial charge in [-0.1, -0.05) is 43.0 Å². The number of anilines is 1. The van der Waals surface area contributed by atoms with Crippen LogP contribution in [0, 0.1) is 6.92 Å². The highest BCUT2D eigenvalue weighted by atomic mass is 32.1. The van der Waals surface area contributed by atoms with Crippen molar-refractivity contribution in [1.29, 1.82) is 0 Å². The Bertz CT molecular complexity index is 1090. The van der Waals surface area contributed by atoms with E-state index in [1.165, 1.54) is 35.0 Å². The number of amides is 3. The molecule has 0 unspecified atom stereocenters. The minimum atomic E-state index is -0.836. The third-order valence-electron chi connectivity index (χ3n) is 6.00. The lowest BCUT2D eigenvalue weighted by atomic mass is 9.95. The third kappa shape index (κ3) is 5.75. The summed E-state index contributed by atoms with van der Waals surface area (Å²) in [5, 5.41) is 7.69. The molecule has 3 aromatic rings. The second kappa shape index (κ2) is 11.2. The Kier molecular flexibility index (Phi) is 7.80. The number of furan rings is 1. The maximum atomic E-state index is 13.6. The normalized spacial score (nSPS) is 14.9. The van der Waals surface area contributed by atoms with Gasteiger partial charge >= 0.3 is 0 Å². The molecule has 1 saturated carbocycles. The lowest BCUT2D eigenvalue weighted by Gasteiger charge is -2.33. The fourth-order valence-corrected chi connectivity index (χ4v) is 5.04. The van der Waals surface area contributed by atoms with Gasteiger partial charge in [-0.05, 0) is 55.5 Å². The number of thiophene rings is 1. The van der Waals surface area contributed by atoms with Crippen molar-refractivity contribution in [2.24, 2.45) is 0 Å². The molecule has 1 aliphatic carbocycles. The van der Waals surface area contributed by atoms with E-state index in [1.807, 2.05) is 48.7 Å². The van der Waals surface area contributed by atoms with Crippen LogP contribution in [0.1, 0.15) is 59.1 Å². The van der Waals surface area contributed by atoms with E-state index in [9.17, 15) is 14.4 Å². The number of carbonyl (C=O) groups excluding carboxylic acids is 3. The van der Waals surface area contributed by atoms with Crippen LogP contribution in [0.5, 0.6) is 0 Å². The highest BCUT2D eigenvalue weighted by Crippen LogP contribution is 2.31. The van der Waals surface area contributed by atoms with Crippen LogP contribution < -0.4 is 15.5 Å². The minimum Gasteiger partial charge on any atom is -0.459 e. The summed E-state index contributed by atoms with van der Waals surface area (Å²) in [5.74, 6) is -0.956. The molecular weight excluding hydrogens is 450 g/mol. The monoisotopic (exact) mass is 479 g/mol. The SMILES string of the molecule is Cc1ccc(N(C(=O)CNC(=O)c2ccco2)[C@@H](C(=O)NC2CCCCC2)c2cccs2)cc1. The first-order valence-electron chi connectivity index (χ1n) is 11.6. The summed E-state index contributed by atoms with van der Waals surface area (Å²) in [4.78, 5) is 41.8. The van der Waals surface area contributed by atoms with Gasteiger partial charge < -0.3 is 15.1 Å². The maximum Gasteiger partial charge on any atom is 0.287 e. The van der Waals surface area contributed by atoms with E-state index in [0.29, 0.717) is 5.69 Å². The van der Waals surface area contributed by atoms with Gasteiger partial charge in [-0.25, -0.2) is 0 Å². The highest BCUT2D eigenvalue weighted by Gasteiger charge is 2.34. The first-order valence-corrected chi connectivity index (χ1v) is 12.4. The Hall–Kier alpha value is -3.39. The van der Waals surface area contributed by atoms with Crippen LogP contribution in [0.2, 0.25) is 0 Å². The average molecular weight is 480 g/mol. The Morgan fingerprint density at radius 3 is 2.47 bits per heavy atom. The molecule has 2 aromatic heterocycles. The van der Waals surface area contributed by atoms with Crippen LogP contribution in [0.15, 0.2) is 64.6 Å². The molecule has 0 spiro atoms. The van der Waals surface area contributed by atoms with Crippen molar-refractivity contribution in [3.63, 3.8) is 0 Å². The van der Waals surface area contributed by atoms with Gasteiger partial charge in [-0.3, -0.25) is 19.3 Å². The Morgan fingerprint density at radius 1 is 1.06 bits per heavy atom. The zero-order valence-corrected chi connectivity index (χ0v) is 20.0. The number of benzene rings is 1. The molecule has 0 aliphatic heterocycles. The predicted octanol–water partition coefficient (Wildman–Crippen LogP) is 4.60. The van der Waals surface area contributed by atoms with E-state index in [4.69, 9.17) is 4.42 Å². The Balaban J connectivity index is 1.62. The van der Waals surface area contributed by atoms with Crippen LogP contribution in [0.4, 0.5) is 5.69 Å². The van der Waals surface area contributed by atoms with Gasteiger partial charge in [0, 0.05) is 16.6 Å². The van der Waals surface area contributed by atoms with E-state index >= 15 is 0 Å². The molecule has 0 bridgehead atoms. The van der Waals surface area contributed by atoms with E-state index in [-0.39, 0.29) is 30.2 Å². The first-order chi connectivity index (χ1) is 16.5. The summed E-state index contributed by atoms with van der Waals surface area (Å²) >= 11 is 1.43. The van der Waals surface area contributed by atoms with Crippen LogP contribution >= 0.6 is 11.3 Å². The number of nitrogens with zero attached hydrogens (tertiary/aromatic N) is 1.